The molecule has 0 N–H and O–H groups in total. The Morgan fingerprint density at radius 1 is 0.929 bits per heavy atom. The average molecular weight is 464 g/mol. The van der Waals surface area contributed by atoms with E-state index in [1.807, 2.05) is 13.8 Å². The molecule has 0 fully saturated rings. The zero-order valence-electron chi connectivity index (χ0n) is 15.5. The van der Waals surface area contributed by atoms with Gasteiger partial charge in [-0.25, -0.2) is 8.42 Å². The molecule has 0 spiro atoms. The number of carbonyl (C=O) groups excluding carboxylic acids is 1. The van der Waals surface area contributed by atoms with Gasteiger partial charge in [-0.15, -0.1) is 0 Å². The summed E-state index contributed by atoms with van der Waals surface area (Å²) >= 11 is 17.9. The Morgan fingerprint density at radius 3 is 2.07 bits per heavy atom. The lowest BCUT2D eigenvalue weighted by Gasteiger charge is -2.26. The summed E-state index contributed by atoms with van der Waals surface area (Å²) < 4.78 is 27.5. The van der Waals surface area contributed by atoms with Crippen molar-refractivity contribution in [3.8, 4) is 0 Å². The van der Waals surface area contributed by atoms with E-state index in [0.29, 0.717) is 33.7 Å². The molecule has 5 nitrogen and oxygen atoms in total. The summed E-state index contributed by atoms with van der Waals surface area (Å²) in [5.74, 6) is -0.275. The van der Waals surface area contributed by atoms with E-state index in [4.69, 9.17) is 34.8 Å². The van der Waals surface area contributed by atoms with Crippen LogP contribution in [-0.4, -0.2) is 43.2 Å². The Kier molecular flexibility index (Phi) is 8.16. The minimum absolute atomic E-state index is 0.0190. The van der Waals surface area contributed by atoms with Crippen LogP contribution < -0.4 is 0 Å². The van der Waals surface area contributed by atoms with Crippen molar-refractivity contribution in [1.29, 1.82) is 0 Å². The predicted molar refractivity (Wildman–Crippen MR) is 113 cm³/mol. The number of hydrogen-bond acceptors (Lipinski definition) is 3. The van der Waals surface area contributed by atoms with Crippen LogP contribution in [-0.2, 0) is 21.4 Å². The fraction of sp³-hybridized carbons (Fsp3) is 0.316. The van der Waals surface area contributed by atoms with Crippen LogP contribution in [0.5, 0.6) is 0 Å². The quantitative estimate of drug-likeness (QED) is 0.570. The third kappa shape index (κ3) is 5.61. The summed E-state index contributed by atoms with van der Waals surface area (Å²) in [6.45, 7) is 4.38. The van der Waals surface area contributed by atoms with Gasteiger partial charge in [-0.2, -0.15) is 4.31 Å². The summed E-state index contributed by atoms with van der Waals surface area (Å²) in [5.41, 5.74) is 0.624. The van der Waals surface area contributed by atoms with Crippen LogP contribution in [0, 0.1) is 0 Å². The molecule has 0 heterocycles. The SMILES string of the molecule is CCN(CC)C(=O)CN(Cc1ccc(Cl)c(Cl)c1)S(=O)(=O)c1ccc(Cl)cc1. The number of likely N-dealkylation sites (N-methyl/N-ethyl adjacent to an activating group) is 1. The molecule has 0 saturated heterocycles. The van der Waals surface area contributed by atoms with E-state index < -0.39 is 10.0 Å². The van der Waals surface area contributed by atoms with Gasteiger partial charge >= 0.3 is 0 Å². The average Bonchev–Trinajstić information content (AvgIpc) is 2.65. The molecule has 1 amide bonds. The molecule has 0 atom stereocenters. The minimum Gasteiger partial charge on any atom is -0.342 e. The van der Waals surface area contributed by atoms with Gasteiger partial charge in [0.05, 0.1) is 21.5 Å². The molecular weight excluding hydrogens is 443 g/mol. The molecule has 152 valence electrons. The Morgan fingerprint density at radius 2 is 1.54 bits per heavy atom. The molecule has 0 unspecified atom stereocenters. The number of amides is 1. The van der Waals surface area contributed by atoms with Gasteiger partial charge in [-0.1, -0.05) is 40.9 Å². The van der Waals surface area contributed by atoms with Crippen LogP contribution in [0.2, 0.25) is 15.1 Å². The van der Waals surface area contributed by atoms with Gasteiger partial charge in [0.2, 0.25) is 15.9 Å². The van der Waals surface area contributed by atoms with Gasteiger partial charge in [0.1, 0.15) is 0 Å². The fourth-order valence-electron chi connectivity index (χ4n) is 2.65. The lowest BCUT2D eigenvalue weighted by atomic mass is 10.2. The van der Waals surface area contributed by atoms with E-state index >= 15 is 0 Å². The van der Waals surface area contributed by atoms with Crippen molar-refractivity contribution in [3.63, 3.8) is 0 Å². The van der Waals surface area contributed by atoms with Crippen LogP contribution in [0.4, 0.5) is 0 Å². The van der Waals surface area contributed by atoms with Crippen molar-refractivity contribution in [2.45, 2.75) is 25.3 Å². The van der Waals surface area contributed by atoms with Gasteiger partial charge in [0, 0.05) is 24.7 Å². The zero-order chi connectivity index (χ0) is 20.9. The third-order valence-corrected chi connectivity index (χ3v) is 7.02. The van der Waals surface area contributed by atoms with E-state index in [9.17, 15) is 13.2 Å². The van der Waals surface area contributed by atoms with Crippen LogP contribution in [0.25, 0.3) is 0 Å². The first kappa shape index (κ1) is 23.0. The van der Waals surface area contributed by atoms with Gasteiger partial charge in [-0.05, 0) is 55.8 Å². The highest BCUT2D eigenvalue weighted by atomic mass is 35.5. The predicted octanol–water partition coefficient (Wildman–Crippen LogP) is 4.71. The van der Waals surface area contributed by atoms with E-state index in [-0.39, 0.29) is 23.9 Å². The Hall–Kier alpha value is -1.31. The lowest BCUT2D eigenvalue weighted by Crippen LogP contribution is -2.42. The molecule has 0 aliphatic rings. The maximum Gasteiger partial charge on any atom is 0.243 e. The van der Waals surface area contributed by atoms with Gasteiger partial charge in [0.15, 0.2) is 0 Å². The van der Waals surface area contributed by atoms with Crippen LogP contribution >= 0.6 is 34.8 Å². The van der Waals surface area contributed by atoms with Crippen LogP contribution in [0.15, 0.2) is 47.4 Å². The number of hydrogen-bond donors (Lipinski definition) is 0. The highest BCUT2D eigenvalue weighted by Gasteiger charge is 2.28. The molecule has 2 rings (SSSR count). The fourth-order valence-corrected chi connectivity index (χ4v) is 4.47. The van der Waals surface area contributed by atoms with Crippen molar-refractivity contribution < 1.29 is 13.2 Å². The standard InChI is InChI=1S/C19H21Cl3N2O3S/c1-3-23(4-2)19(25)13-24(12-14-5-10-17(21)18(22)11-14)28(26,27)16-8-6-15(20)7-9-16/h5-11H,3-4,12-13H2,1-2H3. The number of sulfonamides is 1. The number of halogens is 3. The van der Waals surface area contributed by atoms with E-state index in [2.05, 4.69) is 0 Å². The second-order valence-electron chi connectivity index (χ2n) is 6.04. The summed E-state index contributed by atoms with van der Waals surface area (Å²) in [6, 6.07) is 10.7. The van der Waals surface area contributed by atoms with Crippen molar-refractivity contribution in [2.24, 2.45) is 0 Å². The number of rotatable bonds is 8. The molecule has 2 aromatic carbocycles. The summed E-state index contributed by atoms with van der Waals surface area (Å²) in [4.78, 5) is 14.3. The summed E-state index contributed by atoms with van der Waals surface area (Å²) in [6.07, 6.45) is 0. The molecule has 0 bridgehead atoms. The molecule has 0 radical (unpaired) electrons. The van der Waals surface area contributed by atoms with Gasteiger partial charge in [-0.3, -0.25) is 4.79 Å². The Bertz CT molecular complexity index is 930. The zero-order valence-corrected chi connectivity index (χ0v) is 18.6. The smallest absolute Gasteiger partial charge is 0.243 e. The van der Waals surface area contributed by atoms with Crippen molar-refractivity contribution in [3.05, 3.63) is 63.1 Å². The molecule has 2 aromatic rings. The molecule has 0 aromatic heterocycles. The van der Waals surface area contributed by atoms with Gasteiger partial charge in [0.25, 0.3) is 0 Å². The topological polar surface area (TPSA) is 57.7 Å². The number of carbonyl (C=O) groups is 1. The van der Waals surface area contributed by atoms with Crippen molar-refractivity contribution in [1.82, 2.24) is 9.21 Å². The molecule has 0 aliphatic carbocycles. The second-order valence-corrected chi connectivity index (χ2v) is 9.23. The first-order chi connectivity index (χ1) is 13.2. The first-order valence-electron chi connectivity index (χ1n) is 8.66. The minimum atomic E-state index is -3.93. The molecule has 0 saturated carbocycles. The van der Waals surface area contributed by atoms with Crippen molar-refractivity contribution >= 4 is 50.7 Å². The van der Waals surface area contributed by atoms with E-state index in [0.717, 1.165) is 4.31 Å². The monoisotopic (exact) mass is 462 g/mol. The van der Waals surface area contributed by atoms with Crippen molar-refractivity contribution in [2.75, 3.05) is 19.6 Å². The Labute approximate surface area is 180 Å². The lowest BCUT2D eigenvalue weighted by molar-refractivity contribution is -0.131. The highest BCUT2D eigenvalue weighted by molar-refractivity contribution is 7.89. The highest BCUT2D eigenvalue weighted by Crippen LogP contribution is 2.25. The first-order valence-corrected chi connectivity index (χ1v) is 11.2. The van der Waals surface area contributed by atoms with Crippen LogP contribution in [0.3, 0.4) is 0 Å². The van der Waals surface area contributed by atoms with E-state index in [1.54, 1.807) is 23.1 Å². The molecule has 9 heteroatoms. The summed E-state index contributed by atoms with van der Waals surface area (Å²) in [5, 5.41) is 1.11. The molecular formula is C19H21Cl3N2O3S. The number of benzene rings is 2. The van der Waals surface area contributed by atoms with Crippen LogP contribution in [0.1, 0.15) is 19.4 Å². The van der Waals surface area contributed by atoms with E-state index in [1.165, 1.54) is 24.3 Å². The maximum absolute atomic E-state index is 13.2. The third-order valence-electron chi connectivity index (χ3n) is 4.22. The normalized spacial score (nSPS) is 11.6. The molecule has 0 aliphatic heterocycles. The Balaban J connectivity index is 2.40. The summed E-state index contributed by atoms with van der Waals surface area (Å²) in [7, 11) is -3.93. The largest absolute Gasteiger partial charge is 0.342 e. The van der Waals surface area contributed by atoms with Gasteiger partial charge < -0.3 is 4.90 Å². The number of nitrogens with zero attached hydrogens (tertiary/aromatic N) is 2. The molecule has 28 heavy (non-hydrogen) atoms. The second kappa shape index (κ2) is 9.94. The maximum atomic E-state index is 13.2.